The standard InChI is InChI=1S/C23H31N3O2/c1-17-7-5-6-8-19(17)23(12-13-23)16-26-22(24-2)25-14-11-18-9-10-20(27-3)21(15-18)28-4/h5-10,15H,11-14,16H2,1-4H3,(H2,24,25,26). The molecule has 150 valence electrons. The lowest BCUT2D eigenvalue weighted by Gasteiger charge is -2.21. The molecule has 0 aromatic heterocycles. The molecular formula is C23H31N3O2. The molecule has 1 fully saturated rings. The Balaban J connectivity index is 1.51. The zero-order valence-electron chi connectivity index (χ0n) is 17.3. The van der Waals surface area contributed by atoms with Crippen LogP contribution in [-0.2, 0) is 11.8 Å². The third-order valence-corrected chi connectivity index (χ3v) is 5.54. The second-order valence-electron chi connectivity index (χ2n) is 7.39. The molecular weight excluding hydrogens is 350 g/mol. The van der Waals surface area contributed by atoms with Gasteiger partial charge in [-0.15, -0.1) is 0 Å². The zero-order chi connectivity index (χ0) is 20.0. The monoisotopic (exact) mass is 381 g/mol. The Morgan fingerprint density at radius 2 is 1.79 bits per heavy atom. The highest BCUT2D eigenvalue weighted by Gasteiger charge is 2.44. The Morgan fingerprint density at radius 3 is 2.43 bits per heavy atom. The molecule has 2 aromatic carbocycles. The minimum absolute atomic E-state index is 0.256. The molecule has 1 aliphatic carbocycles. The number of benzene rings is 2. The minimum atomic E-state index is 0.256. The van der Waals surface area contributed by atoms with Gasteiger partial charge in [-0.1, -0.05) is 30.3 Å². The Bertz CT molecular complexity index is 828. The van der Waals surface area contributed by atoms with Crippen molar-refractivity contribution in [3.05, 3.63) is 59.2 Å². The zero-order valence-corrected chi connectivity index (χ0v) is 17.3. The molecule has 3 rings (SSSR count). The number of guanidine groups is 1. The molecule has 0 amide bonds. The molecule has 0 spiro atoms. The van der Waals surface area contributed by atoms with Crippen molar-refractivity contribution >= 4 is 5.96 Å². The van der Waals surface area contributed by atoms with E-state index in [1.54, 1.807) is 14.2 Å². The summed E-state index contributed by atoms with van der Waals surface area (Å²) < 4.78 is 10.7. The highest BCUT2D eigenvalue weighted by atomic mass is 16.5. The Morgan fingerprint density at radius 1 is 1.04 bits per heavy atom. The summed E-state index contributed by atoms with van der Waals surface area (Å²) in [5, 5.41) is 6.94. The molecule has 0 aliphatic heterocycles. The van der Waals surface area contributed by atoms with Crippen LogP contribution in [0.5, 0.6) is 11.5 Å². The van der Waals surface area contributed by atoms with E-state index in [2.05, 4.69) is 52.9 Å². The first-order valence-corrected chi connectivity index (χ1v) is 9.83. The average molecular weight is 382 g/mol. The van der Waals surface area contributed by atoms with Crippen LogP contribution in [-0.4, -0.2) is 40.3 Å². The van der Waals surface area contributed by atoms with Crippen LogP contribution in [0.1, 0.15) is 29.5 Å². The van der Waals surface area contributed by atoms with Gasteiger partial charge >= 0.3 is 0 Å². The first-order chi connectivity index (χ1) is 13.6. The van der Waals surface area contributed by atoms with E-state index in [4.69, 9.17) is 9.47 Å². The summed E-state index contributed by atoms with van der Waals surface area (Å²) in [6.45, 7) is 3.91. The van der Waals surface area contributed by atoms with E-state index < -0.39 is 0 Å². The van der Waals surface area contributed by atoms with Crippen LogP contribution in [0.2, 0.25) is 0 Å². The molecule has 0 heterocycles. The molecule has 1 saturated carbocycles. The molecule has 1 aliphatic rings. The van der Waals surface area contributed by atoms with Gasteiger partial charge < -0.3 is 20.1 Å². The van der Waals surface area contributed by atoms with Crippen LogP contribution >= 0.6 is 0 Å². The van der Waals surface area contributed by atoms with Crippen molar-refractivity contribution in [1.82, 2.24) is 10.6 Å². The summed E-state index contributed by atoms with van der Waals surface area (Å²) in [5.41, 5.74) is 4.28. The van der Waals surface area contributed by atoms with Crippen molar-refractivity contribution in [3.8, 4) is 11.5 Å². The number of nitrogens with one attached hydrogen (secondary N) is 2. The quantitative estimate of drug-likeness (QED) is 0.543. The van der Waals surface area contributed by atoms with E-state index in [9.17, 15) is 0 Å². The number of rotatable bonds is 8. The van der Waals surface area contributed by atoms with Crippen molar-refractivity contribution in [2.45, 2.75) is 31.6 Å². The summed E-state index contributed by atoms with van der Waals surface area (Å²) in [6, 6.07) is 14.7. The van der Waals surface area contributed by atoms with Gasteiger partial charge in [0.05, 0.1) is 14.2 Å². The molecule has 0 atom stereocenters. The Hall–Kier alpha value is -2.69. The molecule has 5 nitrogen and oxygen atoms in total. The van der Waals surface area contributed by atoms with Crippen molar-refractivity contribution < 1.29 is 9.47 Å². The molecule has 5 heteroatoms. The predicted molar refractivity (Wildman–Crippen MR) is 115 cm³/mol. The van der Waals surface area contributed by atoms with Gasteiger partial charge in [0.15, 0.2) is 17.5 Å². The lowest BCUT2D eigenvalue weighted by molar-refractivity contribution is 0.354. The third-order valence-electron chi connectivity index (χ3n) is 5.54. The van der Waals surface area contributed by atoms with E-state index in [-0.39, 0.29) is 5.41 Å². The second kappa shape index (κ2) is 9.00. The lowest BCUT2D eigenvalue weighted by Crippen LogP contribution is -2.42. The van der Waals surface area contributed by atoms with Gasteiger partial charge in [-0.2, -0.15) is 0 Å². The topological polar surface area (TPSA) is 54.9 Å². The number of ether oxygens (including phenoxy) is 2. The largest absolute Gasteiger partial charge is 0.493 e. The minimum Gasteiger partial charge on any atom is -0.493 e. The van der Waals surface area contributed by atoms with E-state index in [1.807, 2.05) is 19.2 Å². The van der Waals surface area contributed by atoms with Gasteiger partial charge in [-0.05, 0) is 55.0 Å². The fourth-order valence-electron chi connectivity index (χ4n) is 3.70. The highest BCUT2D eigenvalue weighted by molar-refractivity contribution is 5.79. The third kappa shape index (κ3) is 4.58. The number of methoxy groups -OCH3 is 2. The van der Waals surface area contributed by atoms with Gasteiger partial charge in [0, 0.05) is 25.6 Å². The maximum absolute atomic E-state index is 5.38. The van der Waals surface area contributed by atoms with Gasteiger partial charge in [-0.3, -0.25) is 4.99 Å². The highest BCUT2D eigenvalue weighted by Crippen LogP contribution is 2.48. The van der Waals surface area contributed by atoms with E-state index >= 15 is 0 Å². The average Bonchev–Trinajstić information content (AvgIpc) is 3.51. The Labute approximate surface area is 168 Å². The van der Waals surface area contributed by atoms with E-state index in [0.29, 0.717) is 0 Å². The van der Waals surface area contributed by atoms with Gasteiger partial charge in [0.2, 0.25) is 0 Å². The van der Waals surface area contributed by atoms with Crippen molar-refractivity contribution in [1.29, 1.82) is 0 Å². The van der Waals surface area contributed by atoms with Crippen molar-refractivity contribution in [3.63, 3.8) is 0 Å². The normalized spacial score (nSPS) is 15.1. The summed E-state index contributed by atoms with van der Waals surface area (Å²) in [5.74, 6) is 2.36. The van der Waals surface area contributed by atoms with Crippen LogP contribution < -0.4 is 20.1 Å². The number of nitrogens with zero attached hydrogens (tertiary/aromatic N) is 1. The SMILES string of the molecule is CN=C(NCCc1ccc(OC)c(OC)c1)NCC1(c2ccccc2C)CC1. The van der Waals surface area contributed by atoms with Crippen LogP contribution in [0.4, 0.5) is 0 Å². The van der Waals surface area contributed by atoms with Crippen molar-refractivity contribution in [2.75, 3.05) is 34.4 Å². The molecule has 0 bridgehead atoms. The number of hydrogen-bond donors (Lipinski definition) is 2. The molecule has 28 heavy (non-hydrogen) atoms. The fourth-order valence-corrected chi connectivity index (χ4v) is 3.70. The molecule has 2 aromatic rings. The fraction of sp³-hybridized carbons (Fsp3) is 0.435. The van der Waals surface area contributed by atoms with E-state index in [1.165, 1.54) is 29.5 Å². The summed E-state index contributed by atoms with van der Waals surface area (Å²) >= 11 is 0. The predicted octanol–water partition coefficient (Wildman–Crippen LogP) is 3.45. The second-order valence-corrected chi connectivity index (χ2v) is 7.39. The van der Waals surface area contributed by atoms with Gasteiger partial charge in [-0.25, -0.2) is 0 Å². The first kappa shape index (κ1) is 20.1. The van der Waals surface area contributed by atoms with Crippen molar-refractivity contribution in [2.24, 2.45) is 4.99 Å². The van der Waals surface area contributed by atoms with Gasteiger partial charge in [0.25, 0.3) is 0 Å². The maximum Gasteiger partial charge on any atom is 0.191 e. The lowest BCUT2D eigenvalue weighted by atomic mass is 9.92. The van der Waals surface area contributed by atoms with Gasteiger partial charge in [0.1, 0.15) is 0 Å². The summed E-state index contributed by atoms with van der Waals surface area (Å²) in [7, 11) is 5.13. The maximum atomic E-state index is 5.38. The Kier molecular flexibility index (Phi) is 6.45. The van der Waals surface area contributed by atoms with Crippen LogP contribution in [0.15, 0.2) is 47.5 Å². The molecule has 0 radical (unpaired) electrons. The smallest absolute Gasteiger partial charge is 0.191 e. The summed E-state index contributed by atoms with van der Waals surface area (Å²) in [6.07, 6.45) is 3.34. The number of aryl methyl sites for hydroxylation is 1. The molecule has 2 N–H and O–H groups in total. The first-order valence-electron chi connectivity index (χ1n) is 9.83. The number of hydrogen-bond acceptors (Lipinski definition) is 3. The van der Waals surface area contributed by atoms with Crippen LogP contribution in [0.3, 0.4) is 0 Å². The van der Waals surface area contributed by atoms with E-state index in [0.717, 1.165) is 37.0 Å². The van der Waals surface area contributed by atoms with Crippen LogP contribution in [0.25, 0.3) is 0 Å². The molecule has 0 saturated heterocycles. The van der Waals surface area contributed by atoms with Crippen LogP contribution in [0, 0.1) is 6.92 Å². The summed E-state index contributed by atoms with van der Waals surface area (Å²) in [4.78, 5) is 4.38. The molecule has 0 unspecified atom stereocenters. The number of aliphatic imine (C=N–C) groups is 1.